The Balaban J connectivity index is 1.77. The maximum Gasteiger partial charge on any atom is 0.263 e. The van der Waals surface area contributed by atoms with Gasteiger partial charge in [-0.05, 0) is 30.2 Å². The molecule has 4 nitrogen and oxygen atoms in total. The molecule has 114 valence electrons. The first-order chi connectivity index (χ1) is 10.6. The van der Waals surface area contributed by atoms with Gasteiger partial charge in [-0.25, -0.2) is 0 Å². The van der Waals surface area contributed by atoms with Crippen LogP contribution in [0.3, 0.4) is 0 Å². The summed E-state index contributed by atoms with van der Waals surface area (Å²) in [5.41, 5.74) is 1.88. The molecule has 2 rings (SSSR count). The van der Waals surface area contributed by atoms with Crippen molar-refractivity contribution in [3.8, 4) is 0 Å². The quantitative estimate of drug-likeness (QED) is 0.656. The van der Waals surface area contributed by atoms with Crippen molar-refractivity contribution in [3.05, 3.63) is 70.7 Å². The molecule has 0 unspecified atom stereocenters. The van der Waals surface area contributed by atoms with Gasteiger partial charge in [0.25, 0.3) is 5.91 Å². The van der Waals surface area contributed by atoms with Crippen molar-refractivity contribution in [1.29, 1.82) is 0 Å². The Labute approximate surface area is 134 Å². The van der Waals surface area contributed by atoms with Crippen LogP contribution in [0.4, 0.5) is 0 Å². The number of nitrogens with one attached hydrogen (secondary N) is 1. The Kier molecular flexibility index (Phi) is 5.98. The van der Waals surface area contributed by atoms with Crippen molar-refractivity contribution < 1.29 is 9.63 Å². The van der Waals surface area contributed by atoms with Crippen LogP contribution in [-0.2, 0) is 16.2 Å². The maximum atomic E-state index is 11.9. The minimum absolute atomic E-state index is 0.211. The van der Waals surface area contributed by atoms with Gasteiger partial charge in [0.2, 0.25) is 6.10 Å². The molecule has 1 N–H and O–H groups in total. The number of benzene rings is 2. The van der Waals surface area contributed by atoms with Crippen molar-refractivity contribution in [2.45, 2.75) is 19.6 Å². The number of hydrogen-bond acceptors (Lipinski definition) is 3. The van der Waals surface area contributed by atoms with Gasteiger partial charge in [-0.1, -0.05) is 59.2 Å². The van der Waals surface area contributed by atoms with Crippen LogP contribution in [-0.4, -0.2) is 18.2 Å². The van der Waals surface area contributed by atoms with Gasteiger partial charge in [-0.15, -0.1) is 0 Å². The highest BCUT2D eigenvalue weighted by Gasteiger charge is 2.13. The Morgan fingerprint density at radius 2 is 1.91 bits per heavy atom. The largest absolute Gasteiger partial charge is 0.383 e. The number of oxime groups is 1. The lowest BCUT2D eigenvalue weighted by Gasteiger charge is -2.10. The van der Waals surface area contributed by atoms with Crippen molar-refractivity contribution in [3.63, 3.8) is 0 Å². The van der Waals surface area contributed by atoms with Crippen molar-refractivity contribution in [2.75, 3.05) is 0 Å². The van der Waals surface area contributed by atoms with Crippen LogP contribution in [0.2, 0.25) is 5.02 Å². The topological polar surface area (TPSA) is 50.7 Å². The van der Waals surface area contributed by atoms with Crippen molar-refractivity contribution in [2.24, 2.45) is 5.16 Å². The van der Waals surface area contributed by atoms with Crippen LogP contribution in [0.1, 0.15) is 18.1 Å². The molecule has 0 aromatic heterocycles. The van der Waals surface area contributed by atoms with Gasteiger partial charge in [0.1, 0.15) is 0 Å². The Hall–Kier alpha value is -2.33. The average Bonchev–Trinajstić information content (AvgIpc) is 2.55. The third-order valence-corrected chi connectivity index (χ3v) is 3.22. The van der Waals surface area contributed by atoms with E-state index in [2.05, 4.69) is 10.5 Å². The minimum Gasteiger partial charge on any atom is -0.383 e. The van der Waals surface area contributed by atoms with Crippen molar-refractivity contribution in [1.82, 2.24) is 5.32 Å². The molecule has 0 heterocycles. The molecule has 5 heteroatoms. The summed E-state index contributed by atoms with van der Waals surface area (Å²) < 4.78 is 0. The van der Waals surface area contributed by atoms with E-state index in [1.54, 1.807) is 19.1 Å². The van der Waals surface area contributed by atoms with Gasteiger partial charge in [-0.2, -0.15) is 0 Å². The zero-order valence-corrected chi connectivity index (χ0v) is 13.0. The molecule has 0 fully saturated rings. The van der Waals surface area contributed by atoms with E-state index in [4.69, 9.17) is 16.4 Å². The molecule has 0 radical (unpaired) electrons. The predicted molar refractivity (Wildman–Crippen MR) is 87.9 cm³/mol. The van der Waals surface area contributed by atoms with Crippen LogP contribution >= 0.6 is 11.6 Å². The number of rotatable bonds is 6. The molecule has 2 aromatic carbocycles. The zero-order valence-electron chi connectivity index (χ0n) is 12.2. The Bertz CT molecular complexity index is 627. The summed E-state index contributed by atoms with van der Waals surface area (Å²) in [4.78, 5) is 17.0. The molecule has 0 saturated carbocycles. The standard InChI is InChI=1S/C17H17ClN2O2/c1-13(17(21)19-11-14-5-3-2-4-6-14)22-20-12-15-7-9-16(18)10-8-15/h2-10,12-13H,11H2,1H3,(H,19,21)/b20-12-/t13-/m0/s1. The normalized spacial score (nSPS) is 12.1. The van der Waals surface area contributed by atoms with Crippen molar-refractivity contribution >= 4 is 23.7 Å². The van der Waals surface area contributed by atoms with E-state index in [9.17, 15) is 4.79 Å². The summed E-state index contributed by atoms with van der Waals surface area (Å²) >= 11 is 5.79. The molecule has 0 aliphatic heterocycles. The molecule has 22 heavy (non-hydrogen) atoms. The third-order valence-electron chi connectivity index (χ3n) is 2.97. The van der Waals surface area contributed by atoms with Gasteiger partial charge in [0.05, 0.1) is 6.21 Å². The summed E-state index contributed by atoms with van der Waals surface area (Å²) in [7, 11) is 0. The Morgan fingerprint density at radius 1 is 1.23 bits per heavy atom. The van der Waals surface area contributed by atoms with Gasteiger partial charge in [-0.3, -0.25) is 4.79 Å². The van der Waals surface area contributed by atoms with Crippen LogP contribution in [0.5, 0.6) is 0 Å². The lowest BCUT2D eigenvalue weighted by Crippen LogP contribution is -2.33. The van der Waals surface area contributed by atoms with Gasteiger partial charge in [0, 0.05) is 11.6 Å². The first-order valence-corrected chi connectivity index (χ1v) is 7.29. The predicted octanol–water partition coefficient (Wildman–Crippen LogP) is 3.40. The highest BCUT2D eigenvalue weighted by Crippen LogP contribution is 2.08. The minimum atomic E-state index is -0.660. The number of carbonyl (C=O) groups excluding carboxylic acids is 1. The number of halogens is 1. The molecule has 0 saturated heterocycles. The smallest absolute Gasteiger partial charge is 0.263 e. The summed E-state index contributed by atoms with van der Waals surface area (Å²) in [6.07, 6.45) is 0.879. The lowest BCUT2D eigenvalue weighted by atomic mass is 10.2. The molecular weight excluding hydrogens is 300 g/mol. The maximum absolute atomic E-state index is 11.9. The highest BCUT2D eigenvalue weighted by molar-refractivity contribution is 6.30. The van der Waals surface area contributed by atoms with E-state index in [1.165, 1.54) is 6.21 Å². The number of carbonyl (C=O) groups is 1. The van der Waals surface area contributed by atoms with E-state index >= 15 is 0 Å². The average molecular weight is 317 g/mol. The molecule has 2 aromatic rings. The van der Waals surface area contributed by atoms with Crippen LogP contribution < -0.4 is 5.32 Å². The fraction of sp³-hybridized carbons (Fsp3) is 0.176. The van der Waals surface area contributed by atoms with Crippen LogP contribution in [0.25, 0.3) is 0 Å². The summed E-state index contributed by atoms with van der Waals surface area (Å²) in [6.45, 7) is 2.12. The molecule has 0 bridgehead atoms. The second-order valence-electron chi connectivity index (χ2n) is 4.74. The second kappa shape index (κ2) is 8.20. The summed E-state index contributed by atoms with van der Waals surface area (Å²) in [5, 5.41) is 7.28. The fourth-order valence-corrected chi connectivity index (χ4v) is 1.83. The third kappa shape index (κ3) is 5.22. The van der Waals surface area contributed by atoms with Crippen LogP contribution in [0.15, 0.2) is 59.8 Å². The van der Waals surface area contributed by atoms with Gasteiger partial charge >= 0.3 is 0 Å². The number of nitrogens with zero attached hydrogens (tertiary/aromatic N) is 1. The Morgan fingerprint density at radius 3 is 2.59 bits per heavy atom. The zero-order chi connectivity index (χ0) is 15.8. The molecular formula is C17H17ClN2O2. The van der Waals surface area contributed by atoms with Gasteiger partial charge < -0.3 is 10.2 Å². The lowest BCUT2D eigenvalue weighted by molar-refractivity contribution is -0.131. The molecule has 0 aliphatic rings. The summed E-state index contributed by atoms with van der Waals surface area (Å²) in [6, 6.07) is 16.8. The van der Waals surface area contributed by atoms with Crippen LogP contribution in [0, 0.1) is 0 Å². The monoisotopic (exact) mass is 316 g/mol. The van der Waals surface area contributed by atoms with Gasteiger partial charge in [0.15, 0.2) is 0 Å². The number of hydrogen-bond donors (Lipinski definition) is 1. The number of amides is 1. The molecule has 0 aliphatic carbocycles. The summed E-state index contributed by atoms with van der Waals surface area (Å²) in [5.74, 6) is -0.211. The molecule has 1 amide bonds. The first-order valence-electron chi connectivity index (χ1n) is 6.91. The SMILES string of the molecule is C[C@H](O/N=C\c1ccc(Cl)cc1)C(=O)NCc1ccccc1. The molecule has 0 spiro atoms. The molecule has 1 atom stereocenters. The first kappa shape index (κ1) is 16.0. The fourth-order valence-electron chi connectivity index (χ4n) is 1.71. The van der Waals surface area contributed by atoms with E-state index < -0.39 is 6.10 Å². The van der Waals surface area contributed by atoms with E-state index in [1.807, 2.05) is 42.5 Å². The highest BCUT2D eigenvalue weighted by atomic mass is 35.5. The van der Waals surface area contributed by atoms with E-state index in [-0.39, 0.29) is 5.91 Å². The van der Waals surface area contributed by atoms with E-state index in [0.717, 1.165) is 11.1 Å². The second-order valence-corrected chi connectivity index (χ2v) is 5.17. The van der Waals surface area contributed by atoms with E-state index in [0.29, 0.717) is 11.6 Å².